The van der Waals surface area contributed by atoms with E-state index in [4.69, 9.17) is 0 Å². The summed E-state index contributed by atoms with van der Waals surface area (Å²) in [5.41, 5.74) is 1.65. The SMILES string of the molecule is Cc1ccc(C)c(NC(=O)c2cnc(Nc3ccccc3C(F)(F)F)cn2)c1. The number of halogens is 3. The molecule has 3 aromatic rings. The summed E-state index contributed by atoms with van der Waals surface area (Å²) in [6.45, 7) is 3.78. The van der Waals surface area contributed by atoms with Crippen LogP contribution in [-0.2, 0) is 6.18 Å². The van der Waals surface area contributed by atoms with Crippen LogP contribution < -0.4 is 10.6 Å². The number of carbonyl (C=O) groups excluding carboxylic acids is 1. The standard InChI is InChI=1S/C20H17F3N4O/c1-12-7-8-13(2)16(9-12)27-19(28)17-10-25-18(11-24-17)26-15-6-4-3-5-14(15)20(21,22)23/h3-11H,1-2H3,(H,25,26)(H,27,28). The van der Waals surface area contributed by atoms with Gasteiger partial charge in [-0.2, -0.15) is 13.2 Å². The summed E-state index contributed by atoms with van der Waals surface area (Å²) < 4.78 is 39.2. The Kier molecular flexibility index (Phi) is 5.30. The van der Waals surface area contributed by atoms with E-state index in [9.17, 15) is 18.0 Å². The topological polar surface area (TPSA) is 66.9 Å². The number of rotatable bonds is 4. The van der Waals surface area contributed by atoms with Gasteiger partial charge in [-0.3, -0.25) is 4.79 Å². The van der Waals surface area contributed by atoms with Crippen molar-refractivity contribution in [2.75, 3.05) is 10.6 Å². The summed E-state index contributed by atoms with van der Waals surface area (Å²) in [6, 6.07) is 10.7. The smallest absolute Gasteiger partial charge is 0.338 e. The number of amides is 1. The molecule has 5 nitrogen and oxygen atoms in total. The maximum absolute atomic E-state index is 13.1. The Morgan fingerprint density at radius 3 is 2.39 bits per heavy atom. The molecule has 0 unspecified atom stereocenters. The highest BCUT2D eigenvalue weighted by molar-refractivity contribution is 6.03. The number of nitrogens with zero attached hydrogens (tertiary/aromatic N) is 2. The highest BCUT2D eigenvalue weighted by Crippen LogP contribution is 2.35. The van der Waals surface area contributed by atoms with Gasteiger partial charge in [-0.05, 0) is 43.2 Å². The molecule has 1 amide bonds. The van der Waals surface area contributed by atoms with Gasteiger partial charge >= 0.3 is 6.18 Å². The second-order valence-electron chi connectivity index (χ2n) is 6.23. The number of benzene rings is 2. The zero-order valence-corrected chi connectivity index (χ0v) is 15.1. The average Bonchev–Trinajstić information content (AvgIpc) is 2.65. The molecule has 0 atom stereocenters. The van der Waals surface area contributed by atoms with E-state index < -0.39 is 17.6 Å². The molecule has 28 heavy (non-hydrogen) atoms. The number of para-hydroxylation sites is 1. The fourth-order valence-corrected chi connectivity index (χ4v) is 2.54. The molecular formula is C20H17F3N4O. The van der Waals surface area contributed by atoms with E-state index in [1.54, 1.807) is 0 Å². The lowest BCUT2D eigenvalue weighted by Crippen LogP contribution is -2.15. The minimum atomic E-state index is -4.50. The van der Waals surface area contributed by atoms with Crippen LogP contribution in [0.4, 0.5) is 30.4 Å². The summed E-state index contributed by atoms with van der Waals surface area (Å²) in [5.74, 6) is -0.358. The molecule has 0 bridgehead atoms. The predicted molar refractivity (Wildman–Crippen MR) is 101 cm³/mol. The first-order chi connectivity index (χ1) is 13.2. The minimum absolute atomic E-state index is 0.0514. The van der Waals surface area contributed by atoms with E-state index in [2.05, 4.69) is 20.6 Å². The molecule has 1 heterocycles. The van der Waals surface area contributed by atoms with Gasteiger partial charge in [0.15, 0.2) is 0 Å². The van der Waals surface area contributed by atoms with Crippen molar-refractivity contribution in [3.8, 4) is 0 Å². The maximum Gasteiger partial charge on any atom is 0.418 e. The first-order valence-corrected chi connectivity index (χ1v) is 8.38. The van der Waals surface area contributed by atoms with E-state index in [0.717, 1.165) is 17.2 Å². The number of hydrogen-bond donors (Lipinski definition) is 2. The van der Waals surface area contributed by atoms with Gasteiger partial charge in [0.25, 0.3) is 5.91 Å². The third-order valence-corrected chi connectivity index (χ3v) is 4.02. The van der Waals surface area contributed by atoms with Crippen LogP contribution in [0.2, 0.25) is 0 Å². The largest absolute Gasteiger partial charge is 0.418 e. The van der Waals surface area contributed by atoms with Gasteiger partial charge in [0.05, 0.1) is 23.6 Å². The summed E-state index contributed by atoms with van der Waals surface area (Å²) in [5, 5.41) is 5.34. The van der Waals surface area contributed by atoms with Gasteiger partial charge in [0.2, 0.25) is 0 Å². The molecule has 3 rings (SSSR count). The van der Waals surface area contributed by atoms with E-state index in [1.165, 1.54) is 30.6 Å². The highest BCUT2D eigenvalue weighted by atomic mass is 19.4. The van der Waals surface area contributed by atoms with Crippen molar-refractivity contribution >= 4 is 23.1 Å². The molecule has 0 saturated carbocycles. The fraction of sp³-hybridized carbons (Fsp3) is 0.150. The maximum atomic E-state index is 13.1. The first-order valence-electron chi connectivity index (χ1n) is 8.38. The van der Waals surface area contributed by atoms with Crippen LogP contribution in [0, 0.1) is 13.8 Å². The van der Waals surface area contributed by atoms with Crippen LogP contribution in [0.5, 0.6) is 0 Å². The lowest BCUT2D eigenvalue weighted by molar-refractivity contribution is -0.136. The number of alkyl halides is 3. The van der Waals surface area contributed by atoms with E-state index in [1.807, 2.05) is 32.0 Å². The van der Waals surface area contributed by atoms with Crippen molar-refractivity contribution in [3.05, 3.63) is 77.2 Å². The number of aryl methyl sites for hydroxylation is 2. The number of carbonyl (C=O) groups is 1. The first kappa shape index (κ1) is 19.3. The minimum Gasteiger partial charge on any atom is -0.338 e. The third-order valence-electron chi connectivity index (χ3n) is 4.02. The van der Waals surface area contributed by atoms with Crippen molar-refractivity contribution < 1.29 is 18.0 Å². The lowest BCUT2D eigenvalue weighted by atomic mass is 10.1. The molecule has 2 N–H and O–H groups in total. The Morgan fingerprint density at radius 2 is 1.71 bits per heavy atom. The molecule has 2 aromatic carbocycles. The molecule has 0 fully saturated rings. The third kappa shape index (κ3) is 4.46. The molecular weight excluding hydrogens is 369 g/mol. The van der Waals surface area contributed by atoms with Gasteiger partial charge in [-0.25, -0.2) is 9.97 Å². The Bertz CT molecular complexity index is 1000. The highest BCUT2D eigenvalue weighted by Gasteiger charge is 2.33. The summed E-state index contributed by atoms with van der Waals surface area (Å²) in [6.07, 6.45) is -2.08. The molecule has 0 aliphatic rings. The van der Waals surface area contributed by atoms with Crippen LogP contribution in [0.25, 0.3) is 0 Å². The van der Waals surface area contributed by atoms with Gasteiger partial charge < -0.3 is 10.6 Å². The fourth-order valence-electron chi connectivity index (χ4n) is 2.54. The zero-order valence-electron chi connectivity index (χ0n) is 15.1. The van der Waals surface area contributed by atoms with Crippen LogP contribution in [0.15, 0.2) is 54.9 Å². The molecule has 0 spiro atoms. The van der Waals surface area contributed by atoms with Crippen LogP contribution in [0.1, 0.15) is 27.2 Å². The summed E-state index contributed by atoms with van der Waals surface area (Å²) in [7, 11) is 0. The number of nitrogens with one attached hydrogen (secondary N) is 2. The molecule has 144 valence electrons. The zero-order chi connectivity index (χ0) is 20.3. The summed E-state index contributed by atoms with van der Waals surface area (Å²) >= 11 is 0. The average molecular weight is 386 g/mol. The van der Waals surface area contributed by atoms with Crippen molar-refractivity contribution in [3.63, 3.8) is 0 Å². The molecule has 0 aliphatic heterocycles. The molecule has 0 saturated heterocycles. The van der Waals surface area contributed by atoms with E-state index >= 15 is 0 Å². The number of anilines is 3. The Balaban J connectivity index is 1.75. The summed E-state index contributed by atoms with van der Waals surface area (Å²) in [4.78, 5) is 20.3. The number of hydrogen-bond acceptors (Lipinski definition) is 4. The van der Waals surface area contributed by atoms with Crippen LogP contribution in [0.3, 0.4) is 0 Å². The normalized spacial score (nSPS) is 11.2. The second-order valence-corrected chi connectivity index (χ2v) is 6.23. The predicted octanol–water partition coefficient (Wildman–Crippen LogP) is 5.11. The quantitative estimate of drug-likeness (QED) is 0.654. The van der Waals surface area contributed by atoms with Crippen molar-refractivity contribution in [2.45, 2.75) is 20.0 Å². The number of aromatic nitrogens is 2. The van der Waals surface area contributed by atoms with Crippen molar-refractivity contribution in [1.82, 2.24) is 9.97 Å². The second kappa shape index (κ2) is 7.67. The Hall–Kier alpha value is -3.42. The van der Waals surface area contributed by atoms with Crippen molar-refractivity contribution in [2.24, 2.45) is 0 Å². The Labute approximate surface area is 159 Å². The van der Waals surface area contributed by atoms with Gasteiger partial charge in [0.1, 0.15) is 11.5 Å². The van der Waals surface area contributed by atoms with Gasteiger partial charge in [0, 0.05) is 5.69 Å². The molecule has 0 aliphatic carbocycles. The molecule has 1 aromatic heterocycles. The molecule has 0 radical (unpaired) electrons. The van der Waals surface area contributed by atoms with E-state index in [-0.39, 0.29) is 17.2 Å². The van der Waals surface area contributed by atoms with E-state index in [0.29, 0.717) is 5.69 Å². The van der Waals surface area contributed by atoms with Crippen molar-refractivity contribution in [1.29, 1.82) is 0 Å². The molecule has 8 heteroatoms. The van der Waals surface area contributed by atoms with Crippen LogP contribution in [-0.4, -0.2) is 15.9 Å². The Morgan fingerprint density at radius 1 is 0.964 bits per heavy atom. The van der Waals surface area contributed by atoms with Gasteiger partial charge in [-0.15, -0.1) is 0 Å². The lowest BCUT2D eigenvalue weighted by Gasteiger charge is -2.14. The van der Waals surface area contributed by atoms with Crippen LogP contribution >= 0.6 is 0 Å². The van der Waals surface area contributed by atoms with Gasteiger partial charge in [-0.1, -0.05) is 24.3 Å². The monoisotopic (exact) mass is 386 g/mol.